The first-order valence-corrected chi connectivity index (χ1v) is 9.10. The van der Waals surface area contributed by atoms with Gasteiger partial charge in [0.25, 0.3) is 15.7 Å². The SMILES string of the molecule is O=[N+]([O-])c1cccc(S(=O)(=O)Nc2ccc(C3=NCCCN3)cc2)c1. The van der Waals surface area contributed by atoms with Crippen LogP contribution in [-0.4, -0.2) is 32.3 Å². The van der Waals surface area contributed by atoms with Gasteiger partial charge >= 0.3 is 0 Å². The number of nitrogens with one attached hydrogen (secondary N) is 2. The number of sulfonamides is 1. The monoisotopic (exact) mass is 360 g/mol. The number of non-ortho nitro benzene ring substituents is 1. The molecule has 0 aromatic heterocycles. The number of nitrogens with zero attached hydrogens (tertiary/aromatic N) is 2. The van der Waals surface area contributed by atoms with Crippen LogP contribution in [0.5, 0.6) is 0 Å². The van der Waals surface area contributed by atoms with E-state index in [-0.39, 0.29) is 10.6 Å². The maximum absolute atomic E-state index is 12.4. The third kappa shape index (κ3) is 3.94. The van der Waals surface area contributed by atoms with Gasteiger partial charge < -0.3 is 5.32 Å². The Labute approximate surface area is 144 Å². The molecule has 3 rings (SSSR count). The number of hydrogen-bond acceptors (Lipinski definition) is 6. The van der Waals surface area contributed by atoms with Crippen LogP contribution in [-0.2, 0) is 10.0 Å². The molecule has 0 radical (unpaired) electrons. The molecule has 1 aliphatic rings. The van der Waals surface area contributed by atoms with E-state index in [1.54, 1.807) is 24.3 Å². The highest BCUT2D eigenvalue weighted by atomic mass is 32.2. The second-order valence-electron chi connectivity index (χ2n) is 5.45. The lowest BCUT2D eigenvalue weighted by atomic mass is 10.1. The fourth-order valence-electron chi connectivity index (χ4n) is 2.40. The van der Waals surface area contributed by atoms with E-state index >= 15 is 0 Å². The van der Waals surface area contributed by atoms with E-state index in [0.29, 0.717) is 5.69 Å². The molecule has 2 N–H and O–H groups in total. The van der Waals surface area contributed by atoms with E-state index < -0.39 is 14.9 Å². The van der Waals surface area contributed by atoms with Gasteiger partial charge in [-0.3, -0.25) is 19.8 Å². The molecule has 1 aliphatic heterocycles. The van der Waals surface area contributed by atoms with Crippen molar-refractivity contribution >= 4 is 27.2 Å². The lowest BCUT2D eigenvalue weighted by molar-refractivity contribution is -0.385. The summed E-state index contributed by atoms with van der Waals surface area (Å²) < 4.78 is 27.2. The first kappa shape index (κ1) is 16.9. The third-order valence-electron chi connectivity index (χ3n) is 3.65. The Bertz CT molecular complexity index is 923. The summed E-state index contributed by atoms with van der Waals surface area (Å²) in [6.07, 6.45) is 0.991. The van der Waals surface area contributed by atoms with Crippen molar-refractivity contribution in [2.75, 3.05) is 17.8 Å². The molecule has 8 nitrogen and oxygen atoms in total. The fraction of sp³-hybridized carbons (Fsp3) is 0.188. The molecule has 130 valence electrons. The first-order valence-electron chi connectivity index (χ1n) is 7.62. The predicted molar refractivity (Wildman–Crippen MR) is 94.4 cm³/mol. The number of aliphatic imine (C=N–C) groups is 1. The summed E-state index contributed by atoms with van der Waals surface area (Å²) in [7, 11) is -3.91. The van der Waals surface area contributed by atoms with Crippen molar-refractivity contribution in [2.24, 2.45) is 4.99 Å². The Morgan fingerprint density at radius 2 is 1.92 bits per heavy atom. The Hall–Kier alpha value is -2.94. The molecule has 0 saturated heterocycles. The molecule has 0 atom stereocenters. The number of benzene rings is 2. The number of amidine groups is 1. The van der Waals surface area contributed by atoms with Crippen LogP contribution in [0.4, 0.5) is 11.4 Å². The normalized spacial score (nSPS) is 14.3. The molecule has 0 spiro atoms. The zero-order chi connectivity index (χ0) is 17.9. The Morgan fingerprint density at radius 3 is 2.56 bits per heavy atom. The molecule has 2 aromatic rings. The Balaban J connectivity index is 1.80. The summed E-state index contributed by atoms with van der Waals surface area (Å²) in [6, 6.07) is 11.7. The molecule has 0 saturated carbocycles. The average molecular weight is 360 g/mol. The zero-order valence-corrected chi connectivity index (χ0v) is 14.0. The lowest BCUT2D eigenvalue weighted by Crippen LogP contribution is -2.30. The van der Waals surface area contributed by atoms with Crippen molar-refractivity contribution in [1.82, 2.24) is 5.32 Å². The Kier molecular flexibility index (Phi) is 4.66. The summed E-state index contributed by atoms with van der Waals surface area (Å²) in [5, 5.41) is 14.0. The van der Waals surface area contributed by atoms with E-state index in [2.05, 4.69) is 15.0 Å². The summed E-state index contributed by atoms with van der Waals surface area (Å²) in [5.41, 5.74) is 0.962. The third-order valence-corrected chi connectivity index (χ3v) is 5.03. The van der Waals surface area contributed by atoms with Crippen molar-refractivity contribution in [3.8, 4) is 0 Å². The summed E-state index contributed by atoms with van der Waals surface area (Å²) in [4.78, 5) is 14.4. The van der Waals surface area contributed by atoms with Crippen molar-refractivity contribution in [1.29, 1.82) is 0 Å². The maximum atomic E-state index is 12.4. The van der Waals surface area contributed by atoms with E-state index in [9.17, 15) is 18.5 Å². The summed E-state index contributed by atoms with van der Waals surface area (Å²) in [6.45, 7) is 1.63. The molecule has 0 amide bonds. The standard InChI is InChI=1S/C16H16N4O4S/c21-20(22)14-3-1-4-15(11-14)25(23,24)19-13-7-5-12(6-8-13)16-17-9-2-10-18-16/h1,3-8,11,19H,2,9-10H2,(H,17,18). The van der Waals surface area contributed by atoms with Gasteiger partial charge in [0.15, 0.2) is 0 Å². The van der Waals surface area contributed by atoms with E-state index in [1.807, 2.05) is 0 Å². The van der Waals surface area contributed by atoms with Gasteiger partial charge in [0.2, 0.25) is 0 Å². The second kappa shape index (κ2) is 6.89. The van der Waals surface area contributed by atoms with Gasteiger partial charge in [0.1, 0.15) is 5.84 Å². The van der Waals surface area contributed by atoms with E-state index in [0.717, 1.165) is 37.0 Å². The first-order chi connectivity index (χ1) is 12.0. The molecular formula is C16H16N4O4S. The van der Waals surface area contributed by atoms with Gasteiger partial charge in [0, 0.05) is 36.5 Å². The van der Waals surface area contributed by atoms with Crippen molar-refractivity contribution in [2.45, 2.75) is 11.3 Å². The molecule has 25 heavy (non-hydrogen) atoms. The smallest absolute Gasteiger partial charge is 0.270 e. The van der Waals surface area contributed by atoms with Crippen LogP contribution < -0.4 is 10.0 Å². The van der Waals surface area contributed by atoms with Crippen LogP contribution in [0.2, 0.25) is 0 Å². The molecule has 2 aromatic carbocycles. The molecule has 0 bridgehead atoms. The summed E-state index contributed by atoms with van der Waals surface area (Å²) >= 11 is 0. The molecule has 1 heterocycles. The van der Waals surface area contributed by atoms with Crippen LogP contribution in [0, 0.1) is 10.1 Å². The highest BCUT2D eigenvalue weighted by Gasteiger charge is 2.18. The van der Waals surface area contributed by atoms with Crippen LogP contribution in [0.25, 0.3) is 0 Å². The summed E-state index contributed by atoms with van der Waals surface area (Å²) in [5.74, 6) is 0.791. The van der Waals surface area contributed by atoms with Gasteiger partial charge in [-0.05, 0) is 36.8 Å². The number of rotatable bonds is 5. The van der Waals surface area contributed by atoms with Crippen molar-refractivity contribution < 1.29 is 13.3 Å². The van der Waals surface area contributed by atoms with Gasteiger partial charge in [0.05, 0.1) is 9.82 Å². The van der Waals surface area contributed by atoms with Gasteiger partial charge in [-0.1, -0.05) is 6.07 Å². The van der Waals surface area contributed by atoms with Crippen LogP contribution in [0.1, 0.15) is 12.0 Å². The van der Waals surface area contributed by atoms with Crippen LogP contribution >= 0.6 is 0 Å². The minimum absolute atomic E-state index is 0.163. The molecular weight excluding hydrogens is 344 g/mol. The second-order valence-corrected chi connectivity index (χ2v) is 7.13. The number of anilines is 1. The van der Waals surface area contributed by atoms with E-state index in [4.69, 9.17) is 0 Å². The number of nitro groups is 1. The number of hydrogen-bond donors (Lipinski definition) is 2. The van der Waals surface area contributed by atoms with Crippen LogP contribution in [0.3, 0.4) is 0 Å². The van der Waals surface area contributed by atoms with Crippen LogP contribution in [0.15, 0.2) is 58.4 Å². The van der Waals surface area contributed by atoms with E-state index in [1.165, 1.54) is 18.2 Å². The quantitative estimate of drug-likeness (QED) is 0.626. The highest BCUT2D eigenvalue weighted by Crippen LogP contribution is 2.21. The highest BCUT2D eigenvalue weighted by molar-refractivity contribution is 7.92. The minimum atomic E-state index is -3.91. The topological polar surface area (TPSA) is 114 Å². The minimum Gasteiger partial charge on any atom is -0.370 e. The van der Waals surface area contributed by atoms with Crippen molar-refractivity contribution in [3.63, 3.8) is 0 Å². The molecule has 0 aliphatic carbocycles. The zero-order valence-electron chi connectivity index (χ0n) is 13.2. The lowest BCUT2D eigenvalue weighted by Gasteiger charge is -2.15. The van der Waals surface area contributed by atoms with Gasteiger partial charge in [-0.15, -0.1) is 0 Å². The fourth-order valence-corrected chi connectivity index (χ4v) is 3.50. The average Bonchev–Trinajstić information content (AvgIpc) is 2.63. The van der Waals surface area contributed by atoms with Gasteiger partial charge in [-0.25, -0.2) is 8.42 Å². The number of nitro benzene ring substituents is 1. The Morgan fingerprint density at radius 1 is 1.16 bits per heavy atom. The van der Waals surface area contributed by atoms with Gasteiger partial charge in [-0.2, -0.15) is 0 Å². The molecule has 0 unspecified atom stereocenters. The molecule has 0 fully saturated rings. The largest absolute Gasteiger partial charge is 0.370 e. The maximum Gasteiger partial charge on any atom is 0.270 e. The van der Waals surface area contributed by atoms with Crippen molar-refractivity contribution in [3.05, 3.63) is 64.2 Å². The predicted octanol–water partition coefficient (Wildman–Crippen LogP) is 2.14. The molecule has 9 heteroatoms.